The fourth-order valence-corrected chi connectivity index (χ4v) is 1.28. The van der Waals surface area contributed by atoms with Crippen molar-refractivity contribution in [1.82, 2.24) is 0 Å². The smallest absolute Gasteiger partial charge is 0.0967 e. The summed E-state index contributed by atoms with van der Waals surface area (Å²) in [6.45, 7) is 5.63. The van der Waals surface area contributed by atoms with Gasteiger partial charge in [0, 0.05) is 38.3 Å². The van der Waals surface area contributed by atoms with E-state index in [1.165, 1.54) is 0 Å². The second-order valence-corrected chi connectivity index (χ2v) is 2.87. The molecule has 0 saturated heterocycles. The molecule has 1 rings (SSSR count). The molecule has 0 aliphatic heterocycles. The average molecular weight is 237 g/mol. The Morgan fingerprint density at radius 2 is 2.17 bits per heavy atom. The Kier molecular flexibility index (Phi) is 5.01. The van der Waals surface area contributed by atoms with Gasteiger partial charge in [-0.05, 0) is 30.9 Å². The van der Waals surface area contributed by atoms with Crippen molar-refractivity contribution in [2.45, 2.75) is 25.9 Å². The summed E-state index contributed by atoms with van der Waals surface area (Å²) in [6.07, 6.45) is 6.42. The van der Waals surface area contributed by atoms with E-state index in [-0.39, 0.29) is 32.7 Å². The molecule has 0 unspecified atom stereocenters. The molecule has 0 aromatic carbocycles. The van der Waals surface area contributed by atoms with Crippen LogP contribution in [0, 0.1) is 12.3 Å². The molecule has 0 amide bonds. The van der Waals surface area contributed by atoms with Gasteiger partial charge >= 0.3 is 0 Å². The third-order valence-corrected chi connectivity index (χ3v) is 2.14. The van der Waals surface area contributed by atoms with Gasteiger partial charge in [0.05, 0.1) is 6.10 Å². The molecule has 0 aromatic heterocycles. The van der Waals surface area contributed by atoms with Crippen molar-refractivity contribution >= 4 is 0 Å². The van der Waals surface area contributed by atoms with Crippen molar-refractivity contribution in [2.75, 3.05) is 0 Å². The average Bonchev–Trinajstić information content (AvgIpc) is 2.01. The summed E-state index contributed by atoms with van der Waals surface area (Å²) in [5.74, 6) is 2.58. The first-order valence-electron chi connectivity index (χ1n) is 3.68. The molecule has 0 heterocycles. The van der Waals surface area contributed by atoms with E-state index in [1.807, 2.05) is 6.92 Å². The summed E-state index contributed by atoms with van der Waals surface area (Å²) < 4.78 is 0. The number of rotatable bonds is 0. The summed E-state index contributed by atoms with van der Waals surface area (Å²) in [5, 5.41) is 9.49. The van der Waals surface area contributed by atoms with Crippen LogP contribution in [0.15, 0.2) is 23.3 Å². The molecule has 1 N–H and O–H groups in total. The molecule has 1 aliphatic carbocycles. The first kappa shape index (κ1) is 12.1. The Balaban J connectivity index is 0.00000121. The molecule has 0 fully saturated rings. The predicted octanol–water partition coefficient (Wildman–Crippen LogP) is 1.64. The van der Waals surface area contributed by atoms with Crippen LogP contribution in [0.1, 0.15) is 19.8 Å². The van der Waals surface area contributed by atoms with Crippen LogP contribution in [0.3, 0.4) is 0 Å². The van der Waals surface area contributed by atoms with Gasteiger partial charge < -0.3 is 5.11 Å². The van der Waals surface area contributed by atoms with Crippen molar-refractivity contribution in [3.8, 4) is 12.3 Å². The molecule has 1 atom stereocenters. The zero-order valence-corrected chi connectivity index (χ0v) is 10.1. The first-order chi connectivity index (χ1) is 5.16. The van der Waals surface area contributed by atoms with Crippen LogP contribution < -0.4 is 0 Å². The van der Waals surface area contributed by atoms with Gasteiger partial charge in [-0.3, -0.25) is 0 Å². The van der Waals surface area contributed by atoms with Gasteiger partial charge in [0.25, 0.3) is 0 Å². The first-order valence-corrected chi connectivity index (χ1v) is 3.68. The maximum atomic E-state index is 9.49. The Morgan fingerprint density at radius 1 is 1.58 bits per heavy atom. The van der Waals surface area contributed by atoms with Gasteiger partial charge in [0.1, 0.15) is 0 Å². The van der Waals surface area contributed by atoms with Gasteiger partial charge in [-0.2, -0.15) is 0 Å². The van der Waals surface area contributed by atoms with E-state index >= 15 is 0 Å². The number of aliphatic hydroxyl groups excluding tert-OH is 1. The van der Waals surface area contributed by atoms with Crippen LogP contribution in [0.2, 0.25) is 0 Å². The van der Waals surface area contributed by atoms with E-state index in [0.29, 0.717) is 0 Å². The summed E-state index contributed by atoms with van der Waals surface area (Å²) in [5.41, 5.74) is 2.70. The van der Waals surface area contributed by atoms with Gasteiger partial charge in [-0.25, -0.2) is 0 Å². The Bertz CT molecular complexity index is 258. The molecular formula is C10H12OY. The number of hydrogen-bond acceptors (Lipinski definition) is 1. The summed E-state index contributed by atoms with van der Waals surface area (Å²) in [4.78, 5) is 0. The molecule has 0 bridgehead atoms. The van der Waals surface area contributed by atoms with E-state index in [0.717, 1.165) is 29.6 Å². The topological polar surface area (TPSA) is 20.2 Å². The van der Waals surface area contributed by atoms with Crippen molar-refractivity contribution in [3.05, 3.63) is 23.3 Å². The summed E-state index contributed by atoms with van der Waals surface area (Å²) in [7, 11) is 0. The number of allylic oxidation sites excluding steroid dienone is 1. The van der Waals surface area contributed by atoms with Crippen molar-refractivity contribution in [1.29, 1.82) is 0 Å². The third-order valence-electron chi connectivity index (χ3n) is 2.14. The molecule has 2 heteroatoms. The fourth-order valence-electron chi connectivity index (χ4n) is 1.28. The maximum Gasteiger partial charge on any atom is 0.0967 e. The number of terminal acetylenes is 1. The molecule has 0 aromatic rings. The van der Waals surface area contributed by atoms with Crippen LogP contribution in [0.4, 0.5) is 0 Å². The summed E-state index contributed by atoms with van der Waals surface area (Å²) in [6, 6.07) is 0. The molecule has 0 spiro atoms. The molecule has 0 saturated carbocycles. The van der Waals surface area contributed by atoms with Crippen LogP contribution in [0.25, 0.3) is 0 Å². The van der Waals surface area contributed by atoms with Crippen molar-refractivity contribution in [2.24, 2.45) is 0 Å². The zero-order chi connectivity index (χ0) is 8.43. The van der Waals surface area contributed by atoms with E-state index in [1.54, 1.807) is 0 Å². The van der Waals surface area contributed by atoms with Crippen LogP contribution in [0.5, 0.6) is 0 Å². The fraction of sp³-hybridized carbons (Fsp3) is 0.400. The molecular weight excluding hydrogens is 225 g/mol. The van der Waals surface area contributed by atoms with Crippen molar-refractivity contribution < 1.29 is 37.8 Å². The second-order valence-electron chi connectivity index (χ2n) is 2.87. The van der Waals surface area contributed by atoms with Gasteiger partial charge in [-0.1, -0.05) is 12.5 Å². The monoisotopic (exact) mass is 237 g/mol. The minimum Gasteiger partial charge on any atom is -0.384 e. The normalized spacial score (nSPS) is 23.1. The van der Waals surface area contributed by atoms with Gasteiger partial charge in [-0.15, -0.1) is 6.42 Å². The third kappa shape index (κ3) is 2.29. The van der Waals surface area contributed by atoms with Crippen molar-refractivity contribution in [3.63, 3.8) is 0 Å². The van der Waals surface area contributed by atoms with E-state index in [9.17, 15) is 5.11 Å². The molecule has 1 radical (unpaired) electrons. The maximum absolute atomic E-state index is 9.49. The molecule has 1 nitrogen and oxygen atoms in total. The quantitative estimate of drug-likeness (QED) is 0.501. The Hall–Kier alpha value is 0.104. The zero-order valence-electron chi connectivity index (χ0n) is 7.30. The van der Waals surface area contributed by atoms with E-state index in [4.69, 9.17) is 6.42 Å². The predicted molar refractivity (Wildman–Crippen MR) is 45.9 cm³/mol. The molecule has 1 aliphatic rings. The van der Waals surface area contributed by atoms with Crippen LogP contribution in [-0.4, -0.2) is 11.2 Å². The molecule has 12 heavy (non-hydrogen) atoms. The largest absolute Gasteiger partial charge is 0.384 e. The standard InChI is InChI=1S/C10H12O.Y/c1-4-9-6-5-7(2)10(11)8(9)3;/h1,10-11H,2,5-6H2,3H3;/t10-;/m0./s1. The SMILES string of the molecule is C#CC1=C(C)[C@@H](O)C(=C)CC1.[Y]. The summed E-state index contributed by atoms with van der Waals surface area (Å²) >= 11 is 0. The molecule has 61 valence electrons. The van der Waals surface area contributed by atoms with Gasteiger partial charge in [0.15, 0.2) is 0 Å². The Labute approximate surface area is 98.8 Å². The number of hydrogen-bond donors (Lipinski definition) is 1. The van der Waals surface area contributed by atoms with Gasteiger partial charge in [0.2, 0.25) is 0 Å². The van der Waals surface area contributed by atoms with E-state index < -0.39 is 6.10 Å². The van der Waals surface area contributed by atoms with E-state index in [2.05, 4.69) is 12.5 Å². The van der Waals surface area contributed by atoms with Crippen LogP contribution in [-0.2, 0) is 32.7 Å². The Morgan fingerprint density at radius 3 is 2.67 bits per heavy atom. The number of aliphatic hydroxyl groups is 1. The van der Waals surface area contributed by atoms with Crippen LogP contribution >= 0.6 is 0 Å². The second kappa shape index (κ2) is 4.97. The minimum atomic E-state index is -0.505. The minimum absolute atomic E-state index is 0.